The van der Waals surface area contributed by atoms with E-state index in [-0.39, 0.29) is 6.04 Å². The van der Waals surface area contributed by atoms with Crippen molar-refractivity contribution in [1.29, 1.82) is 0 Å². The summed E-state index contributed by atoms with van der Waals surface area (Å²) in [6, 6.07) is 0.0580. The summed E-state index contributed by atoms with van der Waals surface area (Å²) in [4.78, 5) is 0. The second kappa shape index (κ2) is 7.47. The second-order valence-corrected chi connectivity index (χ2v) is 4.97. The zero-order chi connectivity index (χ0) is 10.3. The molecule has 0 radical (unpaired) electrons. The van der Waals surface area contributed by atoms with Gasteiger partial charge in [0.25, 0.3) is 0 Å². The molecule has 0 aromatic rings. The standard InChI is InChI=1S/C9H21NO2S/c1-4-8(2)9(10)7-13(11)6-5-12-3/h8-9H,4-7,10H2,1-3H3. The Kier molecular flexibility index (Phi) is 7.51. The Morgan fingerprint density at radius 1 is 1.54 bits per heavy atom. The number of rotatable bonds is 7. The van der Waals surface area contributed by atoms with E-state index in [0.29, 0.717) is 24.0 Å². The smallest absolute Gasteiger partial charge is 0.0577 e. The van der Waals surface area contributed by atoms with Crippen molar-refractivity contribution >= 4 is 10.8 Å². The molecule has 0 aliphatic rings. The number of ether oxygens (including phenoxy) is 1. The van der Waals surface area contributed by atoms with Crippen LogP contribution < -0.4 is 5.73 Å². The predicted molar refractivity (Wildman–Crippen MR) is 57.2 cm³/mol. The van der Waals surface area contributed by atoms with Gasteiger partial charge in [-0.1, -0.05) is 20.3 Å². The van der Waals surface area contributed by atoms with E-state index in [4.69, 9.17) is 10.5 Å². The zero-order valence-corrected chi connectivity index (χ0v) is 9.60. The van der Waals surface area contributed by atoms with Crippen LogP contribution >= 0.6 is 0 Å². The van der Waals surface area contributed by atoms with Gasteiger partial charge in [0.15, 0.2) is 0 Å². The highest BCUT2D eigenvalue weighted by Gasteiger charge is 2.13. The summed E-state index contributed by atoms with van der Waals surface area (Å²) in [6.45, 7) is 4.75. The van der Waals surface area contributed by atoms with E-state index in [0.717, 1.165) is 6.42 Å². The minimum atomic E-state index is -0.822. The molecule has 3 nitrogen and oxygen atoms in total. The zero-order valence-electron chi connectivity index (χ0n) is 8.79. The van der Waals surface area contributed by atoms with Gasteiger partial charge < -0.3 is 10.5 Å². The lowest BCUT2D eigenvalue weighted by molar-refractivity contribution is 0.218. The molecular weight excluding hydrogens is 186 g/mol. The lowest BCUT2D eigenvalue weighted by Gasteiger charge is -2.17. The maximum atomic E-state index is 11.4. The molecule has 0 saturated heterocycles. The van der Waals surface area contributed by atoms with Crippen molar-refractivity contribution < 1.29 is 8.95 Å². The van der Waals surface area contributed by atoms with E-state index >= 15 is 0 Å². The van der Waals surface area contributed by atoms with Gasteiger partial charge in [0.1, 0.15) is 0 Å². The highest BCUT2D eigenvalue weighted by molar-refractivity contribution is 7.85. The SMILES string of the molecule is CCC(C)C(N)CS(=O)CCOC. The summed E-state index contributed by atoms with van der Waals surface area (Å²) in [5, 5.41) is 0. The fourth-order valence-electron chi connectivity index (χ4n) is 0.941. The van der Waals surface area contributed by atoms with E-state index < -0.39 is 10.8 Å². The van der Waals surface area contributed by atoms with Crippen LogP contribution in [0.5, 0.6) is 0 Å². The molecule has 13 heavy (non-hydrogen) atoms. The minimum absolute atomic E-state index is 0.0580. The highest BCUT2D eigenvalue weighted by atomic mass is 32.2. The van der Waals surface area contributed by atoms with Gasteiger partial charge in [0.2, 0.25) is 0 Å². The molecule has 0 fully saturated rings. The maximum absolute atomic E-state index is 11.4. The van der Waals surface area contributed by atoms with Gasteiger partial charge in [0.05, 0.1) is 6.61 Å². The third-order valence-electron chi connectivity index (χ3n) is 2.27. The first-order valence-corrected chi connectivity index (χ1v) is 6.20. The summed E-state index contributed by atoms with van der Waals surface area (Å²) in [7, 11) is 0.795. The first-order valence-electron chi connectivity index (χ1n) is 4.71. The van der Waals surface area contributed by atoms with Gasteiger partial charge in [-0.15, -0.1) is 0 Å². The average Bonchev–Trinajstić information content (AvgIpc) is 2.13. The van der Waals surface area contributed by atoms with Crippen LogP contribution in [0.3, 0.4) is 0 Å². The number of hydrogen-bond acceptors (Lipinski definition) is 3. The van der Waals surface area contributed by atoms with Gasteiger partial charge >= 0.3 is 0 Å². The molecule has 0 aromatic carbocycles. The molecular formula is C9H21NO2S. The normalized spacial score (nSPS) is 18.2. The monoisotopic (exact) mass is 207 g/mol. The third kappa shape index (κ3) is 6.18. The number of methoxy groups -OCH3 is 1. The van der Waals surface area contributed by atoms with Crippen LogP contribution in [0.25, 0.3) is 0 Å². The Morgan fingerprint density at radius 2 is 2.15 bits per heavy atom. The Labute approximate surface area is 83.5 Å². The predicted octanol–water partition coefficient (Wildman–Crippen LogP) is 0.755. The summed E-state index contributed by atoms with van der Waals surface area (Å²) < 4.78 is 16.2. The molecule has 0 spiro atoms. The Morgan fingerprint density at radius 3 is 2.62 bits per heavy atom. The lowest BCUT2D eigenvalue weighted by Crippen LogP contribution is -2.34. The van der Waals surface area contributed by atoms with Crippen LogP contribution in [0.15, 0.2) is 0 Å². The Bertz CT molecular complexity index is 153. The van der Waals surface area contributed by atoms with Gasteiger partial charge in [-0.25, -0.2) is 0 Å². The van der Waals surface area contributed by atoms with Crippen molar-refractivity contribution in [1.82, 2.24) is 0 Å². The van der Waals surface area contributed by atoms with Gasteiger partial charge in [-0.3, -0.25) is 4.21 Å². The van der Waals surface area contributed by atoms with Crippen molar-refractivity contribution in [3.8, 4) is 0 Å². The molecule has 0 aromatic heterocycles. The summed E-state index contributed by atoms with van der Waals surface area (Å²) in [6.07, 6.45) is 1.04. The molecule has 80 valence electrons. The maximum Gasteiger partial charge on any atom is 0.0577 e. The van der Waals surface area contributed by atoms with Crippen LogP contribution in [0.2, 0.25) is 0 Å². The van der Waals surface area contributed by atoms with Crippen LogP contribution in [0.1, 0.15) is 20.3 Å². The molecule has 2 N–H and O–H groups in total. The second-order valence-electron chi connectivity index (χ2n) is 3.35. The first kappa shape index (κ1) is 13.1. The van der Waals surface area contributed by atoms with Crippen molar-refractivity contribution in [2.75, 3.05) is 25.2 Å². The topological polar surface area (TPSA) is 52.3 Å². The molecule has 0 amide bonds. The van der Waals surface area contributed by atoms with Crippen molar-refractivity contribution in [2.24, 2.45) is 11.7 Å². The molecule has 0 heterocycles. The van der Waals surface area contributed by atoms with Crippen LogP contribution in [0, 0.1) is 5.92 Å². The van der Waals surface area contributed by atoms with E-state index in [1.165, 1.54) is 0 Å². The average molecular weight is 207 g/mol. The van der Waals surface area contributed by atoms with E-state index in [9.17, 15) is 4.21 Å². The Hall–Kier alpha value is 0.0700. The van der Waals surface area contributed by atoms with Gasteiger partial charge in [-0.2, -0.15) is 0 Å². The quantitative estimate of drug-likeness (QED) is 0.670. The molecule has 0 saturated carbocycles. The van der Waals surface area contributed by atoms with Crippen molar-refractivity contribution in [2.45, 2.75) is 26.3 Å². The lowest BCUT2D eigenvalue weighted by atomic mass is 10.0. The summed E-state index contributed by atoms with van der Waals surface area (Å²) in [5.74, 6) is 1.64. The van der Waals surface area contributed by atoms with Gasteiger partial charge in [0, 0.05) is 35.5 Å². The Balaban J connectivity index is 3.64. The highest BCUT2D eigenvalue weighted by Crippen LogP contribution is 2.06. The fraction of sp³-hybridized carbons (Fsp3) is 1.00. The van der Waals surface area contributed by atoms with Crippen LogP contribution in [0.4, 0.5) is 0 Å². The van der Waals surface area contributed by atoms with Crippen molar-refractivity contribution in [3.63, 3.8) is 0 Å². The fourth-order valence-corrected chi connectivity index (χ4v) is 2.22. The molecule has 3 atom stereocenters. The molecule has 3 unspecified atom stereocenters. The number of nitrogens with two attached hydrogens (primary N) is 1. The van der Waals surface area contributed by atoms with Gasteiger partial charge in [-0.05, 0) is 5.92 Å². The van der Waals surface area contributed by atoms with E-state index in [1.54, 1.807) is 7.11 Å². The minimum Gasteiger partial charge on any atom is -0.384 e. The van der Waals surface area contributed by atoms with Crippen LogP contribution in [-0.2, 0) is 15.5 Å². The summed E-state index contributed by atoms with van der Waals surface area (Å²) in [5.41, 5.74) is 5.87. The molecule has 0 rings (SSSR count). The van der Waals surface area contributed by atoms with E-state index in [2.05, 4.69) is 13.8 Å². The molecule has 0 bridgehead atoms. The van der Waals surface area contributed by atoms with Crippen LogP contribution in [-0.4, -0.2) is 35.5 Å². The van der Waals surface area contributed by atoms with E-state index in [1.807, 2.05) is 0 Å². The molecule has 0 aliphatic heterocycles. The molecule has 0 aliphatic carbocycles. The third-order valence-corrected chi connectivity index (χ3v) is 3.65. The first-order chi connectivity index (χ1) is 6.11. The largest absolute Gasteiger partial charge is 0.384 e. The molecule has 4 heteroatoms. The van der Waals surface area contributed by atoms with Crippen molar-refractivity contribution in [3.05, 3.63) is 0 Å². The number of hydrogen-bond donors (Lipinski definition) is 1. The summed E-state index contributed by atoms with van der Waals surface area (Å²) >= 11 is 0.